The molecular formula is C22H32FN3O4. The number of hydrogen-bond donors (Lipinski definition) is 3. The van der Waals surface area contributed by atoms with Gasteiger partial charge in [-0.15, -0.1) is 0 Å². The smallest absolute Gasteiger partial charge is 0.407 e. The van der Waals surface area contributed by atoms with E-state index in [0.717, 1.165) is 12.8 Å². The highest BCUT2D eigenvalue weighted by molar-refractivity contribution is 5.91. The van der Waals surface area contributed by atoms with Gasteiger partial charge in [0.15, 0.2) is 0 Å². The molecule has 166 valence electrons. The van der Waals surface area contributed by atoms with Crippen molar-refractivity contribution in [2.24, 2.45) is 0 Å². The van der Waals surface area contributed by atoms with E-state index in [9.17, 15) is 18.8 Å². The SMILES string of the molecule is CNC(=O)C1(NC(=O)C[C@@H](Cc2ccccc2F)OC(=O)NC(C)(C)C)CCCC1. The average molecular weight is 422 g/mol. The Kier molecular flexibility index (Phi) is 7.81. The van der Waals surface area contributed by atoms with Crippen LogP contribution in [0.1, 0.15) is 58.4 Å². The first-order valence-electron chi connectivity index (χ1n) is 10.3. The highest BCUT2D eigenvalue weighted by Gasteiger charge is 2.42. The first kappa shape index (κ1) is 23.6. The van der Waals surface area contributed by atoms with Crippen LogP contribution in [0.3, 0.4) is 0 Å². The molecule has 1 aromatic carbocycles. The maximum absolute atomic E-state index is 14.1. The van der Waals surface area contributed by atoms with Gasteiger partial charge in [-0.1, -0.05) is 31.0 Å². The number of rotatable bonds is 7. The molecule has 1 fully saturated rings. The standard InChI is InChI=1S/C22H32FN3O4/c1-21(2,3)26-20(29)30-16(13-15-9-5-6-10-17(15)23)14-18(27)25-22(19(28)24-4)11-7-8-12-22/h5-6,9-10,16H,7-8,11-14H2,1-4H3,(H,24,28)(H,25,27)(H,26,29)/t16-/m1/s1. The molecule has 0 unspecified atom stereocenters. The minimum Gasteiger partial charge on any atom is -0.445 e. The second-order valence-corrected chi connectivity index (χ2v) is 8.82. The van der Waals surface area contributed by atoms with E-state index >= 15 is 0 Å². The van der Waals surface area contributed by atoms with Crippen LogP contribution in [0.15, 0.2) is 24.3 Å². The molecule has 1 aromatic rings. The predicted molar refractivity (Wildman–Crippen MR) is 111 cm³/mol. The molecule has 0 bridgehead atoms. The van der Waals surface area contributed by atoms with Gasteiger partial charge in [0, 0.05) is 19.0 Å². The summed E-state index contributed by atoms with van der Waals surface area (Å²) in [6, 6.07) is 6.17. The van der Waals surface area contributed by atoms with Gasteiger partial charge in [0.1, 0.15) is 17.5 Å². The summed E-state index contributed by atoms with van der Waals surface area (Å²) in [7, 11) is 1.54. The first-order valence-corrected chi connectivity index (χ1v) is 10.3. The number of carbonyl (C=O) groups excluding carboxylic acids is 3. The predicted octanol–water partition coefficient (Wildman–Crippen LogP) is 2.83. The third-order valence-corrected chi connectivity index (χ3v) is 5.07. The van der Waals surface area contributed by atoms with Gasteiger partial charge in [0.2, 0.25) is 11.8 Å². The zero-order valence-corrected chi connectivity index (χ0v) is 18.1. The average Bonchev–Trinajstić information content (AvgIpc) is 3.10. The quantitative estimate of drug-likeness (QED) is 0.631. The largest absolute Gasteiger partial charge is 0.445 e. The van der Waals surface area contributed by atoms with Gasteiger partial charge in [-0.3, -0.25) is 9.59 Å². The van der Waals surface area contributed by atoms with E-state index < -0.39 is 35.0 Å². The van der Waals surface area contributed by atoms with E-state index in [1.54, 1.807) is 39.0 Å². The lowest BCUT2D eigenvalue weighted by atomic mass is 9.95. The summed E-state index contributed by atoms with van der Waals surface area (Å²) in [6.45, 7) is 5.42. The lowest BCUT2D eigenvalue weighted by Gasteiger charge is -2.29. The molecule has 1 aliphatic carbocycles. The van der Waals surface area contributed by atoms with E-state index in [2.05, 4.69) is 16.0 Å². The van der Waals surface area contributed by atoms with Gasteiger partial charge in [0.25, 0.3) is 0 Å². The minimum absolute atomic E-state index is 0.0463. The molecular weight excluding hydrogens is 389 g/mol. The fourth-order valence-electron chi connectivity index (χ4n) is 3.70. The first-order chi connectivity index (χ1) is 14.0. The third kappa shape index (κ3) is 6.71. The molecule has 2 rings (SSSR count). The molecule has 30 heavy (non-hydrogen) atoms. The van der Waals surface area contributed by atoms with Crippen molar-refractivity contribution in [1.82, 2.24) is 16.0 Å². The van der Waals surface area contributed by atoms with Crippen molar-refractivity contribution in [2.45, 2.75) is 76.5 Å². The van der Waals surface area contributed by atoms with Crippen LogP contribution in [-0.2, 0) is 20.7 Å². The number of hydrogen-bond acceptors (Lipinski definition) is 4. The van der Waals surface area contributed by atoms with Gasteiger partial charge >= 0.3 is 6.09 Å². The molecule has 8 heteroatoms. The van der Waals surface area contributed by atoms with Crippen LogP contribution in [0.25, 0.3) is 0 Å². The Morgan fingerprint density at radius 2 is 1.80 bits per heavy atom. The van der Waals surface area contributed by atoms with Crippen LogP contribution >= 0.6 is 0 Å². The third-order valence-electron chi connectivity index (χ3n) is 5.07. The van der Waals surface area contributed by atoms with Crippen molar-refractivity contribution in [3.63, 3.8) is 0 Å². The summed E-state index contributed by atoms with van der Waals surface area (Å²) in [4.78, 5) is 37.4. The molecule has 1 aliphatic rings. The summed E-state index contributed by atoms with van der Waals surface area (Å²) in [5.74, 6) is -1.07. The maximum Gasteiger partial charge on any atom is 0.407 e. The van der Waals surface area contributed by atoms with Crippen LogP contribution in [0.2, 0.25) is 0 Å². The minimum atomic E-state index is -0.942. The Morgan fingerprint density at radius 3 is 2.37 bits per heavy atom. The number of likely N-dealkylation sites (N-methyl/N-ethyl adjacent to an activating group) is 1. The van der Waals surface area contributed by atoms with E-state index in [-0.39, 0.29) is 18.7 Å². The number of amides is 3. The maximum atomic E-state index is 14.1. The summed E-state index contributed by atoms with van der Waals surface area (Å²) >= 11 is 0. The molecule has 0 radical (unpaired) electrons. The normalized spacial score (nSPS) is 16.4. The van der Waals surface area contributed by atoms with Gasteiger partial charge in [-0.05, 0) is 45.2 Å². The Bertz CT molecular complexity index is 770. The Hall–Kier alpha value is -2.64. The van der Waals surface area contributed by atoms with E-state index in [4.69, 9.17) is 4.74 Å². The number of halogens is 1. The molecule has 3 N–H and O–H groups in total. The molecule has 0 spiro atoms. The van der Waals surface area contributed by atoms with Crippen LogP contribution in [0.5, 0.6) is 0 Å². The molecule has 0 aromatic heterocycles. The fourth-order valence-corrected chi connectivity index (χ4v) is 3.70. The van der Waals surface area contributed by atoms with Crippen molar-refractivity contribution in [3.8, 4) is 0 Å². The number of alkyl carbamates (subject to hydrolysis) is 1. The summed E-state index contributed by atoms with van der Waals surface area (Å²) in [6.07, 6.45) is 1.11. The number of carbonyl (C=O) groups is 3. The molecule has 0 aliphatic heterocycles. The van der Waals surface area contributed by atoms with Crippen molar-refractivity contribution in [2.75, 3.05) is 7.05 Å². The highest BCUT2D eigenvalue weighted by Crippen LogP contribution is 2.30. The fraction of sp³-hybridized carbons (Fsp3) is 0.591. The lowest BCUT2D eigenvalue weighted by molar-refractivity contribution is -0.134. The van der Waals surface area contributed by atoms with Crippen LogP contribution in [-0.4, -0.2) is 42.1 Å². The number of nitrogens with one attached hydrogen (secondary N) is 3. The highest BCUT2D eigenvalue weighted by atomic mass is 19.1. The zero-order chi connectivity index (χ0) is 22.4. The molecule has 3 amide bonds. The van der Waals surface area contributed by atoms with Gasteiger partial charge < -0.3 is 20.7 Å². The topological polar surface area (TPSA) is 96.5 Å². The van der Waals surface area contributed by atoms with E-state index in [0.29, 0.717) is 18.4 Å². The monoisotopic (exact) mass is 421 g/mol. The van der Waals surface area contributed by atoms with Crippen molar-refractivity contribution in [3.05, 3.63) is 35.6 Å². The summed E-state index contributed by atoms with van der Waals surface area (Å²) in [5.41, 5.74) is -1.11. The second kappa shape index (κ2) is 9.91. The summed E-state index contributed by atoms with van der Waals surface area (Å²) < 4.78 is 19.6. The van der Waals surface area contributed by atoms with Gasteiger partial charge in [-0.25, -0.2) is 9.18 Å². The Balaban J connectivity index is 2.12. The number of benzene rings is 1. The van der Waals surface area contributed by atoms with Crippen molar-refractivity contribution in [1.29, 1.82) is 0 Å². The lowest BCUT2D eigenvalue weighted by Crippen LogP contribution is -2.57. The van der Waals surface area contributed by atoms with Crippen LogP contribution < -0.4 is 16.0 Å². The Morgan fingerprint density at radius 1 is 1.17 bits per heavy atom. The van der Waals surface area contributed by atoms with E-state index in [1.165, 1.54) is 13.1 Å². The molecule has 1 saturated carbocycles. The summed E-state index contributed by atoms with van der Waals surface area (Å²) in [5, 5.41) is 8.13. The van der Waals surface area contributed by atoms with Gasteiger partial charge in [0.05, 0.1) is 6.42 Å². The van der Waals surface area contributed by atoms with Crippen LogP contribution in [0, 0.1) is 5.82 Å². The zero-order valence-electron chi connectivity index (χ0n) is 18.1. The van der Waals surface area contributed by atoms with Crippen LogP contribution in [0.4, 0.5) is 9.18 Å². The van der Waals surface area contributed by atoms with Crippen molar-refractivity contribution >= 4 is 17.9 Å². The Labute approximate surface area is 177 Å². The van der Waals surface area contributed by atoms with E-state index in [1.807, 2.05) is 0 Å². The molecule has 0 saturated heterocycles. The number of ether oxygens (including phenoxy) is 1. The molecule has 1 atom stereocenters. The second-order valence-electron chi connectivity index (χ2n) is 8.82. The molecule has 7 nitrogen and oxygen atoms in total. The van der Waals surface area contributed by atoms with Crippen molar-refractivity contribution < 1.29 is 23.5 Å². The van der Waals surface area contributed by atoms with Gasteiger partial charge in [-0.2, -0.15) is 0 Å². The molecule has 0 heterocycles.